The highest BCUT2D eigenvalue weighted by atomic mass is 16.1. The van der Waals surface area contributed by atoms with E-state index in [2.05, 4.69) is 29.7 Å². The van der Waals surface area contributed by atoms with Crippen molar-refractivity contribution in [3.05, 3.63) is 12.2 Å². The molecule has 1 atom stereocenters. The Bertz CT molecular complexity index is 293. The molecule has 3 nitrogen and oxygen atoms in total. The first-order chi connectivity index (χ1) is 8.20. The van der Waals surface area contributed by atoms with Crippen molar-refractivity contribution in [2.24, 2.45) is 11.3 Å². The Kier molecular flexibility index (Phi) is 4.21. The molecule has 2 rings (SSSR count). The van der Waals surface area contributed by atoms with E-state index in [4.69, 9.17) is 0 Å². The standard InChI is InChI=1S/C14H24N2O/c1-14(7-9-15-10-8-14)11-16-13(17)12-5-3-2-4-6-12/h2-3,12,15H,4-11H2,1H3,(H,16,17). The minimum atomic E-state index is 0.213. The Morgan fingerprint density at radius 2 is 2.18 bits per heavy atom. The first-order valence-corrected chi connectivity index (χ1v) is 6.83. The lowest BCUT2D eigenvalue weighted by atomic mass is 9.81. The van der Waals surface area contributed by atoms with Crippen LogP contribution < -0.4 is 10.6 Å². The second-order valence-electron chi connectivity index (χ2n) is 5.76. The van der Waals surface area contributed by atoms with Crippen molar-refractivity contribution in [1.29, 1.82) is 0 Å². The van der Waals surface area contributed by atoms with Crippen LogP contribution in [0.15, 0.2) is 12.2 Å². The molecule has 1 heterocycles. The zero-order chi connectivity index (χ0) is 12.1. The Morgan fingerprint density at radius 1 is 1.41 bits per heavy atom. The summed E-state index contributed by atoms with van der Waals surface area (Å²) in [7, 11) is 0. The predicted octanol–water partition coefficient (Wildman–Crippen LogP) is 1.85. The zero-order valence-corrected chi connectivity index (χ0v) is 10.8. The molecule has 1 fully saturated rings. The van der Waals surface area contributed by atoms with Gasteiger partial charge in [0.05, 0.1) is 0 Å². The smallest absolute Gasteiger partial charge is 0.223 e. The molecular formula is C14H24N2O. The van der Waals surface area contributed by atoms with Gasteiger partial charge in [0.15, 0.2) is 0 Å². The van der Waals surface area contributed by atoms with E-state index in [1.165, 1.54) is 0 Å². The fourth-order valence-corrected chi connectivity index (χ4v) is 2.68. The highest BCUT2D eigenvalue weighted by Crippen LogP contribution is 2.27. The largest absolute Gasteiger partial charge is 0.355 e. The van der Waals surface area contributed by atoms with Gasteiger partial charge in [-0.05, 0) is 50.6 Å². The van der Waals surface area contributed by atoms with Gasteiger partial charge in [-0.3, -0.25) is 4.79 Å². The molecule has 3 heteroatoms. The van der Waals surface area contributed by atoms with Gasteiger partial charge in [0, 0.05) is 12.5 Å². The number of carbonyl (C=O) groups is 1. The summed E-state index contributed by atoms with van der Waals surface area (Å²) in [4.78, 5) is 12.0. The summed E-state index contributed by atoms with van der Waals surface area (Å²) in [6, 6.07) is 0. The molecule has 1 unspecified atom stereocenters. The number of rotatable bonds is 3. The van der Waals surface area contributed by atoms with Crippen molar-refractivity contribution in [3.8, 4) is 0 Å². The van der Waals surface area contributed by atoms with E-state index < -0.39 is 0 Å². The van der Waals surface area contributed by atoms with Crippen LogP contribution in [0.25, 0.3) is 0 Å². The van der Waals surface area contributed by atoms with Crippen LogP contribution >= 0.6 is 0 Å². The maximum absolute atomic E-state index is 12.0. The predicted molar refractivity (Wildman–Crippen MR) is 69.7 cm³/mol. The van der Waals surface area contributed by atoms with Crippen molar-refractivity contribution in [3.63, 3.8) is 0 Å². The van der Waals surface area contributed by atoms with Gasteiger partial charge in [-0.25, -0.2) is 0 Å². The number of hydrogen-bond donors (Lipinski definition) is 2. The Labute approximate surface area is 104 Å². The van der Waals surface area contributed by atoms with E-state index in [0.717, 1.165) is 51.7 Å². The Morgan fingerprint density at radius 3 is 2.82 bits per heavy atom. The van der Waals surface area contributed by atoms with Crippen LogP contribution in [0.2, 0.25) is 0 Å². The SMILES string of the molecule is CC1(CNC(=O)C2CC=CCC2)CCNCC1. The molecule has 0 spiro atoms. The minimum absolute atomic E-state index is 0.213. The number of allylic oxidation sites excluding steroid dienone is 2. The first kappa shape index (κ1) is 12.6. The number of nitrogens with one attached hydrogen (secondary N) is 2. The van der Waals surface area contributed by atoms with E-state index in [-0.39, 0.29) is 11.8 Å². The molecule has 1 aliphatic heterocycles. The second-order valence-corrected chi connectivity index (χ2v) is 5.76. The number of amides is 1. The van der Waals surface area contributed by atoms with Crippen LogP contribution in [0.3, 0.4) is 0 Å². The lowest BCUT2D eigenvalue weighted by Crippen LogP contribution is -2.44. The molecule has 0 aromatic heterocycles. The van der Waals surface area contributed by atoms with E-state index >= 15 is 0 Å². The number of hydrogen-bond acceptors (Lipinski definition) is 2. The fourth-order valence-electron chi connectivity index (χ4n) is 2.68. The average Bonchev–Trinajstić information content (AvgIpc) is 2.38. The lowest BCUT2D eigenvalue weighted by molar-refractivity contribution is -0.125. The zero-order valence-electron chi connectivity index (χ0n) is 10.8. The van der Waals surface area contributed by atoms with Crippen molar-refractivity contribution >= 4 is 5.91 Å². The van der Waals surface area contributed by atoms with Gasteiger partial charge < -0.3 is 10.6 Å². The fraction of sp³-hybridized carbons (Fsp3) is 0.786. The van der Waals surface area contributed by atoms with Gasteiger partial charge in [0.25, 0.3) is 0 Å². The third kappa shape index (κ3) is 3.56. The van der Waals surface area contributed by atoms with Gasteiger partial charge >= 0.3 is 0 Å². The molecule has 0 aromatic carbocycles. The third-order valence-corrected chi connectivity index (χ3v) is 4.14. The monoisotopic (exact) mass is 236 g/mol. The van der Waals surface area contributed by atoms with Crippen molar-refractivity contribution in [2.75, 3.05) is 19.6 Å². The molecule has 0 saturated carbocycles. The Balaban J connectivity index is 1.76. The Hall–Kier alpha value is -0.830. The molecule has 1 aliphatic carbocycles. The molecule has 0 bridgehead atoms. The molecule has 0 radical (unpaired) electrons. The number of piperidine rings is 1. The summed E-state index contributed by atoms with van der Waals surface area (Å²) in [6.07, 6.45) is 9.64. The molecule has 96 valence electrons. The van der Waals surface area contributed by atoms with Crippen LogP contribution in [-0.2, 0) is 4.79 Å². The lowest BCUT2D eigenvalue weighted by Gasteiger charge is -2.34. The summed E-state index contributed by atoms with van der Waals surface area (Å²) < 4.78 is 0. The van der Waals surface area contributed by atoms with E-state index in [9.17, 15) is 4.79 Å². The van der Waals surface area contributed by atoms with E-state index in [0.29, 0.717) is 5.41 Å². The molecule has 1 saturated heterocycles. The van der Waals surface area contributed by atoms with Crippen LogP contribution in [0.5, 0.6) is 0 Å². The van der Waals surface area contributed by atoms with Crippen molar-refractivity contribution in [2.45, 2.75) is 39.0 Å². The van der Waals surface area contributed by atoms with Crippen molar-refractivity contribution < 1.29 is 4.79 Å². The quantitative estimate of drug-likeness (QED) is 0.734. The molecule has 2 aliphatic rings. The maximum atomic E-state index is 12.0. The normalized spacial score (nSPS) is 27.7. The highest BCUT2D eigenvalue weighted by Gasteiger charge is 2.28. The van der Waals surface area contributed by atoms with Gasteiger partial charge in [-0.1, -0.05) is 19.1 Å². The average molecular weight is 236 g/mol. The first-order valence-electron chi connectivity index (χ1n) is 6.83. The molecule has 17 heavy (non-hydrogen) atoms. The summed E-state index contributed by atoms with van der Waals surface area (Å²) in [5.74, 6) is 0.472. The van der Waals surface area contributed by atoms with Gasteiger partial charge in [-0.15, -0.1) is 0 Å². The molecule has 1 amide bonds. The number of carbonyl (C=O) groups excluding carboxylic acids is 1. The van der Waals surface area contributed by atoms with Gasteiger partial charge in [0.1, 0.15) is 0 Å². The van der Waals surface area contributed by atoms with E-state index in [1.54, 1.807) is 0 Å². The molecular weight excluding hydrogens is 212 g/mol. The maximum Gasteiger partial charge on any atom is 0.223 e. The summed E-state index contributed by atoms with van der Waals surface area (Å²) in [5.41, 5.74) is 0.297. The van der Waals surface area contributed by atoms with Crippen LogP contribution in [0, 0.1) is 11.3 Å². The van der Waals surface area contributed by atoms with Crippen LogP contribution in [-0.4, -0.2) is 25.5 Å². The van der Waals surface area contributed by atoms with Crippen molar-refractivity contribution in [1.82, 2.24) is 10.6 Å². The van der Waals surface area contributed by atoms with E-state index in [1.807, 2.05) is 0 Å². The van der Waals surface area contributed by atoms with Gasteiger partial charge in [-0.2, -0.15) is 0 Å². The highest BCUT2D eigenvalue weighted by molar-refractivity contribution is 5.79. The second kappa shape index (κ2) is 5.67. The van der Waals surface area contributed by atoms with Crippen LogP contribution in [0.1, 0.15) is 39.0 Å². The summed E-state index contributed by atoms with van der Waals surface area (Å²) >= 11 is 0. The summed E-state index contributed by atoms with van der Waals surface area (Å²) in [5, 5.41) is 6.53. The third-order valence-electron chi connectivity index (χ3n) is 4.14. The molecule has 0 aromatic rings. The van der Waals surface area contributed by atoms with Crippen LogP contribution in [0.4, 0.5) is 0 Å². The minimum Gasteiger partial charge on any atom is -0.355 e. The van der Waals surface area contributed by atoms with Gasteiger partial charge in [0.2, 0.25) is 5.91 Å². The molecule has 2 N–H and O–H groups in total. The topological polar surface area (TPSA) is 41.1 Å². The summed E-state index contributed by atoms with van der Waals surface area (Å²) in [6.45, 7) is 5.29.